The molecule has 4 aliphatic rings. The SMILES string of the molecule is NC(=O)[C@]12C[CH]C[C@H](CC1)N2C[C@@H](O)CN1CCN(C(=O)[C@@H]2CCCO2)CC1. The van der Waals surface area contributed by atoms with Crippen molar-refractivity contribution in [2.24, 2.45) is 5.73 Å². The number of rotatable bonds is 6. The number of nitrogens with zero attached hydrogens (tertiary/aromatic N) is 3. The third-order valence-corrected chi connectivity index (χ3v) is 7.03. The average molecular weight is 394 g/mol. The quantitative estimate of drug-likeness (QED) is 0.623. The van der Waals surface area contributed by atoms with Crippen LogP contribution in [0.4, 0.5) is 0 Å². The highest BCUT2D eigenvalue weighted by atomic mass is 16.5. The van der Waals surface area contributed by atoms with E-state index >= 15 is 0 Å². The topological polar surface area (TPSA) is 99.3 Å². The number of fused-ring (bicyclic) bond motifs is 2. The Morgan fingerprint density at radius 3 is 2.68 bits per heavy atom. The van der Waals surface area contributed by atoms with E-state index in [0.29, 0.717) is 45.2 Å². The Balaban J connectivity index is 1.26. The van der Waals surface area contributed by atoms with Crippen LogP contribution in [0.2, 0.25) is 0 Å². The number of nitrogens with two attached hydrogens (primary N) is 1. The molecule has 0 aromatic carbocycles. The first-order valence-corrected chi connectivity index (χ1v) is 10.7. The minimum atomic E-state index is -0.601. The summed E-state index contributed by atoms with van der Waals surface area (Å²) in [4.78, 5) is 30.9. The summed E-state index contributed by atoms with van der Waals surface area (Å²) >= 11 is 0. The number of amides is 2. The number of ether oxygens (including phenoxy) is 1. The van der Waals surface area contributed by atoms with Crippen LogP contribution in [0.15, 0.2) is 0 Å². The molecular formula is C20H33N4O4. The van der Waals surface area contributed by atoms with Gasteiger partial charge < -0.3 is 20.5 Å². The molecular weight excluding hydrogens is 360 g/mol. The number of piperazine rings is 1. The third-order valence-electron chi connectivity index (χ3n) is 7.03. The summed E-state index contributed by atoms with van der Waals surface area (Å²) < 4.78 is 5.51. The molecule has 1 radical (unpaired) electrons. The van der Waals surface area contributed by atoms with Crippen molar-refractivity contribution in [2.45, 2.75) is 62.3 Å². The van der Waals surface area contributed by atoms with Gasteiger partial charge in [0.2, 0.25) is 5.91 Å². The minimum Gasteiger partial charge on any atom is -0.390 e. The largest absolute Gasteiger partial charge is 0.390 e. The smallest absolute Gasteiger partial charge is 0.251 e. The van der Waals surface area contributed by atoms with Crippen LogP contribution in [0.25, 0.3) is 0 Å². The van der Waals surface area contributed by atoms with Crippen molar-refractivity contribution in [3.63, 3.8) is 0 Å². The molecule has 0 aliphatic carbocycles. The van der Waals surface area contributed by atoms with E-state index in [9.17, 15) is 14.7 Å². The summed E-state index contributed by atoms with van der Waals surface area (Å²) in [6, 6.07) is 0.316. The molecule has 0 saturated carbocycles. The number of aliphatic hydroxyl groups is 1. The fraction of sp³-hybridized carbons (Fsp3) is 0.850. The predicted molar refractivity (Wildman–Crippen MR) is 103 cm³/mol. The maximum atomic E-state index is 12.4. The number of aliphatic hydroxyl groups excluding tert-OH is 1. The van der Waals surface area contributed by atoms with Gasteiger partial charge in [0.1, 0.15) is 11.6 Å². The molecule has 2 bridgehead atoms. The van der Waals surface area contributed by atoms with Gasteiger partial charge in [0.05, 0.1) is 6.10 Å². The molecule has 3 N–H and O–H groups in total. The molecule has 0 aromatic rings. The number of hydrogen-bond acceptors (Lipinski definition) is 6. The lowest BCUT2D eigenvalue weighted by molar-refractivity contribution is -0.142. The van der Waals surface area contributed by atoms with Crippen LogP contribution in [0.1, 0.15) is 38.5 Å². The molecule has 0 spiro atoms. The molecule has 2 amide bonds. The highest BCUT2D eigenvalue weighted by molar-refractivity contribution is 5.85. The average Bonchev–Trinajstić information content (AvgIpc) is 3.27. The predicted octanol–water partition coefficient (Wildman–Crippen LogP) is -0.643. The molecule has 4 fully saturated rings. The highest BCUT2D eigenvalue weighted by Gasteiger charge is 2.53. The maximum Gasteiger partial charge on any atom is 0.251 e. The van der Waals surface area contributed by atoms with Gasteiger partial charge in [-0.25, -0.2) is 0 Å². The Hall–Kier alpha value is -1.22. The molecule has 28 heavy (non-hydrogen) atoms. The van der Waals surface area contributed by atoms with Crippen LogP contribution >= 0.6 is 0 Å². The number of β-amino-alcohol motifs (C(OH)–C–C–N with tert-alkyl or cyclic N) is 1. The van der Waals surface area contributed by atoms with Gasteiger partial charge in [-0.2, -0.15) is 0 Å². The number of carbonyl (C=O) groups is 2. The molecule has 4 atom stereocenters. The monoisotopic (exact) mass is 393 g/mol. The van der Waals surface area contributed by atoms with Gasteiger partial charge in [0.15, 0.2) is 0 Å². The summed E-state index contributed by atoms with van der Waals surface area (Å²) in [6.45, 7) is 4.60. The van der Waals surface area contributed by atoms with Gasteiger partial charge in [0.25, 0.3) is 5.91 Å². The van der Waals surface area contributed by atoms with E-state index in [4.69, 9.17) is 10.5 Å². The van der Waals surface area contributed by atoms with Crippen LogP contribution < -0.4 is 5.73 Å². The normalized spacial score (nSPS) is 35.2. The zero-order valence-corrected chi connectivity index (χ0v) is 16.6. The van der Waals surface area contributed by atoms with E-state index in [1.54, 1.807) is 0 Å². The second-order valence-corrected chi connectivity index (χ2v) is 8.75. The van der Waals surface area contributed by atoms with Crippen molar-refractivity contribution in [3.8, 4) is 0 Å². The van der Waals surface area contributed by atoms with E-state index in [-0.39, 0.29) is 17.9 Å². The lowest BCUT2D eigenvalue weighted by Gasteiger charge is -2.44. The summed E-state index contributed by atoms with van der Waals surface area (Å²) in [5.74, 6) is -0.151. The maximum absolute atomic E-state index is 12.4. The van der Waals surface area contributed by atoms with E-state index in [1.807, 2.05) is 4.90 Å². The summed E-state index contributed by atoms with van der Waals surface area (Å²) in [5, 5.41) is 10.7. The molecule has 0 aromatic heterocycles. The molecule has 4 rings (SSSR count). The van der Waals surface area contributed by atoms with Crippen molar-refractivity contribution in [2.75, 3.05) is 45.9 Å². The zero-order chi connectivity index (χ0) is 19.7. The van der Waals surface area contributed by atoms with Crippen LogP contribution in [-0.2, 0) is 14.3 Å². The van der Waals surface area contributed by atoms with Gasteiger partial charge in [-0.15, -0.1) is 0 Å². The van der Waals surface area contributed by atoms with Crippen molar-refractivity contribution in [1.29, 1.82) is 0 Å². The molecule has 157 valence electrons. The Bertz CT molecular complexity index is 585. The zero-order valence-electron chi connectivity index (χ0n) is 16.6. The second-order valence-electron chi connectivity index (χ2n) is 8.75. The summed E-state index contributed by atoms with van der Waals surface area (Å²) in [5.41, 5.74) is 5.14. The summed E-state index contributed by atoms with van der Waals surface area (Å²) in [7, 11) is 0. The second kappa shape index (κ2) is 8.26. The molecule has 0 unspecified atom stereocenters. The van der Waals surface area contributed by atoms with E-state index in [1.165, 1.54) is 0 Å². The Labute approximate surface area is 167 Å². The van der Waals surface area contributed by atoms with Gasteiger partial charge >= 0.3 is 0 Å². The number of carbonyl (C=O) groups excluding carboxylic acids is 2. The molecule has 4 saturated heterocycles. The van der Waals surface area contributed by atoms with Gasteiger partial charge in [-0.05, 0) is 44.9 Å². The molecule has 4 heterocycles. The van der Waals surface area contributed by atoms with Crippen LogP contribution in [0.3, 0.4) is 0 Å². The highest BCUT2D eigenvalue weighted by Crippen LogP contribution is 2.43. The fourth-order valence-corrected chi connectivity index (χ4v) is 5.43. The Morgan fingerprint density at radius 2 is 2.00 bits per heavy atom. The van der Waals surface area contributed by atoms with Gasteiger partial charge in [0, 0.05) is 51.9 Å². The van der Waals surface area contributed by atoms with Gasteiger partial charge in [-0.1, -0.05) is 0 Å². The number of primary amides is 1. The van der Waals surface area contributed by atoms with Crippen LogP contribution in [-0.4, -0.2) is 101 Å². The van der Waals surface area contributed by atoms with Crippen molar-refractivity contribution < 1.29 is 19.4 Å². The van der Waals surface area contributed by atoms with Crippen LogP contribution in [0.5, 0.6) is 0 Å². The Kier molecular flexibility index (Phi) is 5.92. The first-order valence-electron chi connectivity index (χ1n) is 10.7. The standard InChI is InChI=1S/C20H33N4O4/c21-19(27)20-6-1-3-15(5-7-20)24(20)14-16(25)13-22-8-10-23(11-9-22)18(26)17-4-2-12-28-17/h1,15-17,25H,2-14H2,(H2,21,27)/t15-,16+,17+,20+/m1/s1. The molecule has 4 aliphatic heterocycles. The van der Waals surface area contributed by atoms with Crippen LogP contribution in [0, 0.1) is 6.42 Å². The lowest BCUT2D eigenvalue weighted by Crippen LogP contribution is -2.60. The van der Waals surface area contributed by atoms with E-state index < -0.39 is 11.6 Å². The Morgan fingerprint density at radius 1 is 1.21 bits per heavy atom. The third kappa shape index (κ3) is 3.79. The first kappa shape index (κ1) is 20.1. The van der Waals surface area contributed by atoms with Crippen molar-refractivity contribution in [1.82, 2.24) is 14.7 Å². The first-order chi connectivity index (χ1) is 13.5. The number of hydrogen-bond donors (Lipinski definition) is 2. The fourth-order valence-electron chi connectivity index (χ4n) is 5.43. The molecule has 8 nitrogen and oxygen atoms in total. The van der Waals surface area contributed by atoms with Gasteiger partial charge in [-0.3, -0.25) is 19.4 Å². The molecule has 8 heteroatoms. The lowest BCUT2D eigenvalue weighted by atomic mass is 9.87. The minimum absolute atomic E-state index is 0.113. The van der Waals surface area contributed by atoms with Crippen molar-refractivity contribution >= 4 is 11.8 Å². The van der Waals surface area contributed by atoms with Crippen molar-refractivity contribution in [3.05, 3.63) is 6.42 Å². The van der Waals surface area contributed by atoms with E-state index in [0.717, 1.165) is 45.2 Å². The van der Waals surface area contributed by atoms with E-state index in [2.05, 4.69) is 16.2 Å². The summed E-state index contributed by atoms with van der Waals surface area (Å²) in [6.07, 6.45) is 6.59. The number of piperidine rings is 1.